The van der Waals surface area contributed by atoms with Gasteiger partial charge in [-0.05, 0) is 67.2 Å². The number of benzene rings is 1. The van der Waals surface area contributed by atoms with Crippen molar-refractivity contribution in [3.8, 4) is 0 Å². The Hall–Kier alpha value is -1.23. The van der Waals surface area contributed by atoms with Crippen LogP contribution in [0.5, 0.6) is 0 Å². The lowest BCUT2D eigenvalue weighted by molar-refractivity contribution is 0.0578. The lowest BCUT2D eigenvalue weighted by Crippen LogP contribution is -2.39. The first-order valence-electron chi connectivity index (χ1n) is 6.36. The zero-order valence-corrected chi connectivity index (χ0v) is 13.1. The second-order valence-electron chi connectivity index (χ2n) is 5.74. The topological polar surface area (TPSA) is 55.6 Å². The molecule has 2 N–H and O–H groups in total. The summed E-state index contributed by atoms with van der Waals surface area (Å²) in [5.41, 5.74) is 8.04. The molecule has 0 radical (unpaired) electrons. The van der Waals surface area contributed by atoms with E-state index >= 15 is 0 Å². The number of nitrogens with two attached hydrogens (primary N) is 1. The molecule has 1 aliphatic rings. The van der Waals surface area contributed by atoms with Crippen LogP contribution >= 0.6 is 15.9 Å². The van der Waals surface area contributed by atoms with Gasteiger partial charge in [0.2, 0.25) is 0 Å². The Kier molecular flexibility index (Phi) is 3.76. The Morgan fingerprint density at radius 2 is 2.11 bits per heavy atom. The molecule has 5 heteroatoms. The molecule has 0 aliphatic carbocycles. The fraction of sp³-hybridized carbons (Fsp3) is 0.500. The van der Waals surface area contributed by atoms with Crippen LogP contribution in [0.2, 0.25) is 0 Å². The van der Waals surface area contributed by atoms with E-state index in [4.69, 9.17) is 10.5 Å². The van der Waals surface area contributed by atoms with Gasteiger partial charge < -0.3 is 10.5 Å². The molecule has 0 saturated carbocycles. The number of rotatable bonds is 0. The summed E-state index contributed by atoms with van der Waals surface area (Å²) >= 11 is 3.42. The number of ether oxygens (including phenoxy) is 1. The summed E-state index contributed by atoms with van der Waals surface area (Å²) in [6.07, 6.45) is 1.58. The molecule has 0 unspecified atom stereocenters. The molecule has 0 spiro atoms. The van der Waals surface area contributed by atoms with E-state index in [1.165, 1.54) is 0 Å². The number of carbonyl (C=O) groups is 1. The van der Waals surface area contributed by atoms with Crippen LogP contribution in [-0.2, 0) is 11.2 Å². The van der Waals surface area contributed by atoms with Crippen LogP contribution in [0.3, 0.4) is 0 Å². The molecule has 1 amide bonds. The number of hydrogen-bond donors (Lipinski definition) is 1. The van der Waals surface area contributed by atoms with E-state index in [0.29, 0.717) is 12.2 Å². The molecular formula is C14H19BrN2O2. The van der Waals surface area contributed by atoms with Crippen LogP contribution in [-0.4, -0.2) is 18.2 Å². The normalized spacial score (nSPS) is 15.1. The first kappa shape index (κ1) is 14.2. The molecule has 4 nitrogen and oxygen atoms in total. The molecule has 0 fully saturated rings. The summed E-state index contributed by atoms with van der Waals surface area (Å²) in [6.45, 7) is 6.27. The fourth-order valence-electron chi connectivity index (χ4n) is 2.13. The number of carbonyl (C=O) groups excluding carboxylic acids is 1. The van der Waals surface area contributed by atoms with Gasteiger partial charge in [-0.1, -0.05) is 0 Å². The Morgan fingerprint density at radius 1 is 1.42 bits per heavy atom. The predicted octanol–water partition coefficient (Wildman–Crippen LogP) is 3.72. The highest BCUT2D eigenvalue weighted by Crippen LogP contribution is 2.34. The molecule has 1 heterocycles. The average Bonchev–Trinajstić information content (AvgIpc) is 2.27. The summed E-state index contributed by atoms with van der Waals surface area (Å²) in [6, 6.07) is 3.82. The van der Waals surface area contributed by atoms with Crippen LogP contribution in [0.4, 0.5) is 16.2 Å². The van der Waals surface area contributed by atoms with E-state index < -0.39 is 5.60 Å². The lowest BCUT2D eigenvalue weighted by atomic mass is 10.0. The van der Waals surface area contributed by atoms with E-state index in [9.17, 15) is 4.79 Å². The van der Waals surface area contributed by atoms with Crippen LogP contribution in [0, 0.1) is 0 Å². The van der Waals surface area contributed by atoms with Crippen molar-refractivity contribution in [2.75, 3.05) is 17.2 Å². The Balaban J connectivity index is 2.32. The number of fused-ring (bicyclic) bond motifs is 1. The molecular weight excluding hydrogens is 308 g/mol. The third kappa shape index (κ3) is 3.21. The van der Waals surface area contributed by atoms with Gasteiger partial charge in [0.05, 0.1) is 5.69 Å². The van der Waals surface area contributed by atoms with Gasteiger partial charge in [0.15, 0.2) is 0 Å². The second kappa shape index (κ2) is 5.04. The molecule has 2 rings (SSSR count). The standard InChI is InChI=1S/C14H19BrN2O2/c1-14(2,3)19-13(18)17-6-4-5-9-7-10(15)11(16)8-12(9)17/h7-8H,4-6,16H2,1-3H3. The Morgan fingerprint density at radius 3 is 2.74 bits per heavy atom. The highest BCUT2D eigenvalue weighted by Gasteiger charge is 2.27. The molecule has 0 atom stereocenters. The summed E-state index contributed by atoms with van der Waals surface area (Å²) < 4.78 is 6.31. The predicted molar refractivity (Wildman–Crippen MR) is 80.5 cm³/mol. The highest BCUT2D eigenvalue weighted by atomic mass is 79.9. The van der Waals surface area contributed by atoms with Crippen molar-refractivity contribution in [1.82, 2.24) is 0 Å². The quantitative estimate of drug-likeness (QED) is 0.739. The Bertz CT molecular complexity index is 509. The van der Waals surface area contributed by atoms with Gasteiger partial charge in [-0.3, -0.25) is 4.90 Å². The SMILES string of the molecule is CC(C)(C)OC(=O)N1CCCc2cc(Br)c(N)cc21. The third-order valence-electron chi connectivity index (χ3n) is 2.93. The van der Waals surface area contributed by atoms with Gasteiger partial charge in [0, 0.05) is 16.7 Å². The maximum absolute atomic E-state index is 12.2. The zero-order chi connectivity index (χ0) is 14.2. The van der Waals surface area contributed by atoms with E-state index in [1.54, 1.807) is 4.90 Å². The number of anilines is 2. The van der Waals surface area contributed by atoms with Crippen molar-refractivity contribution in [1.29, 1.82) is 0 Å². The summed E-state index contributed by atoms with van der Waals surface area (Å²) in [5, 5.41) is 0. The highest BCUT2D eigenvalue weighted by molar-refractivity contribution is 9.10. The van der Waals surface area contributed by atoms with E-state index in [2.05, 4.69) is 15.9 Å². The first-order chi connectivity index (χ1) is 8.78. The number of amides is 1. The van der Waals surface area contributed by atoms with Gasteiger partial charge in [-0.25, -0.2) is 4.79 Å². The van der Waals surface area contributed by atoms with Crippen LogP contribution < -0.4 is 10.6 Å². The summed E-state index contributed by atoms with van der Waals surface area (Å²) in [4.78, 5) is 13.9. The van der Waals surface area contributed by atoms with Crippen molar-refractivity contribution >= 4 is 33.4 Å². The van der Waals surface area contributed by atoms with E-state index in [-0.39, 0.29) is 6.09 Å². The van der Waals surface area contributed by atoms with Crippen molar-refractivity contribution in [2.45, 2.75) is 39.2 Å². The number of nitrogen functional groups attached to an aromatic ring is 1. The first-order valence-corrected chi connectivity index (χ1v) is 7.15. The van der Waals surface area contributed by atoms with Crippen LogP contribution in [0.25, 0.3) is 0 Å². The van der Waals surface area contributed by atoms with Gasteiger partial charge in [-0.2, -0.15) is 0 Å². The minimum absolute atomic E-state index is 0.310. The molecule has 19 heavy (non-hydrogen) atoms. The maximum Gasteiger partial charge on any atom is 0.414 e. The van der Waals surface area contributed by atoms with Gasteiger partial charge in [0.25, 0.3) is 0 Å². The van der Waals surface area contributed by atoms with Crippen molar-refractivity contribution in [2.24, 2.45) is 0 Å². The molecule has 1 aliphatic heterocycles. The zero-order valence-electron chi connectivity index (χ0n) is 11.5. The van der Waals surface area contributed by atoms with Crippen LogP contribution in [0.15, 0.2) is 16.6 Å². The molecule has 0 bridgehead atoms. The second-order valence-corrected chi connectivity index (χ2v) is 6.59. The largest absolute Gasteiger partial charge is 0.443 e. The molecule has 0 saturated heterocycles. The summed E-state index contributed by atoms with van der Waals surface area (Å²) in [5.74, 6) is 0. The van der Waals surface area contributed by atoms with Gasteiger partial charge in [0.1, 0.15) is 5.60 Å². The molecule has 1 aromatic carbocycles. The van der Waals surface area contributed by atoms with Crippen molar-refractivity contribution < 1.29 is 9.53 Å². The van der Waals surface area contributed by atoms with Crippen molar-refractivity contribution in [3.05, 3.63) is 22.2 Å². The number of nitrogens with zero attached hydrogens (tertiary/aromatic N) is 1. The Labute approximate surface area is 122 Å². The third-order valence-corrected chi connectivity index (χ3v) is 3.62. The van der Waals surface area contributed by atoms with Crippen molar-refractivity contribution in [3.63, 3.8) is 0 Å². The fourth-order valence-corrected chi connectivity index (χ4v) is 2.52. The lowest BCUT2D eigenvalue weighted by Gasteiger charge is -2.32. The summed E-state index contributed by atoms with van der Waals surface area (Å²) in [7, 11) is 0. The van der Waals surface area contributed by atoms with Gasteiger partial charge in [-0.15, -0.1) is 0 Å². The minimum Gasteiger partial charge on any atom is -0.443 e. The van der Waals surface area contributed by atoms with Crippen LogP contribution in [0.1, 0.15) is 32.8 Å². The smallest absolute Gasteiger partial charge is 0.414 e. The molecule has 0 aromatic heterocycles. The monoisotopic (exact) mass is 326 g/mol. The minimum atomic E-state index is -0.490. The average molecular weight is 327 g/mol. The number of halogens is 1. The van der Waals surface area contributed by atoms with E-state index in [0.717, 1.165) is 28.6 Å². The molecule has 1 aromatic rings. The maximum atomic E-state index is 12.2. The number of aryl methyl sites for hydroxylation is 1. The van der Waals surface area contributed by atoms with E-state index in [1.807, 2.05) is 32.9 Å². The number of hydrogen-bond acceptors (Lipinski definition) is 3. The van der Waals surface area contributed by atoms with Gasteiger partial charge >= 0.3 is 6.09 Å². The molecule has 104 valence electrons.